The first-order valence-corrected chi connectivity index (χ1v) is 6.42. The van der Waals surface area contributed by atoms with E-state index in [1.54, 1.807) is 42.6 Å². The van der Waals surface area contributed by atoms with Gasteiger partial charge in [-0.1, -0.05) is 18.2 Å². The number of hydrogen-bond donors (Lipinski definition) is 2. The number of anilines is 2. The van der Waals surface area contributed by atoms with Crippen LogP contribution in [0.4, 0.5) is 11.5 Å². The van der Waals surface area contributed by atoms with Crippen LogP contribution in [0.3, 0.4) is 0 Å². The summed E-state index contributed by atoms with van der Waals surface area (Å²) in [5.74, 6) is 0.559. The zero-order valence-electron chi connectivity index (χ0n) is 8.87. The lowest BCUT2D eigenvalue weighted by molar-refractivity contribution is 0.598. The molecular formula is C11H11N3O2S. The molecule has 6 heteroatoms. The van der Waals surface area contributed by atoms with Crippen LogP contribution in [-0.2, 0) is 10.0 Å². The van der Waals surface area contributed by atoms with E-state index in [1.165, 1.54) is 6.07 Å². The first-order valence-electron chi connectivity index (χ1n) is 4.87. The Kier molecular flexibility index (Phi) is 3.08. The number of nitrogens with two attached hydrogens (primary N) is 1. The van der Waals surface area contributed by atoms with E-state index in [0.717, 1.165) is 0 Å². The summed E-state index contributed by atoms with van der Waals surface area (Å²) in [5, 5.41) is 8.03. The van der Waals surface area contributed by atoms with Gasteiger partial charge in [0, 0.05) is 6.20 Å². The van der Waals surface area contributed by atoms with Gasteiger partial charge in [-0.3, -0.25) is 0 Å². The van der Waals surface area contributed by atoms with Crippen molar-refractivity contribution in [2.24, 2.45) is 5.14 Å². The second-order valence-corrected chi connectivity index (χ2v) is 4.91. The first-order chi connectivity index (χ1) is 8.07. The lowest BCUT2D eigenvalue weighted by atomic mass is 10.3. The van der Waals surface area contributed by atoms with Gasteiger partial charge in [-0.2, -0.15) is 0 Å². The van der Waals surface area contributed by atoms with Gasteiger partial charge in [-0.25, -0.2) is 18.5 Å². The second kappa shape index (κ2) is 4.52. The van der Waals surface area contributed by atoms with E-state index in [0.29, 0.717) is 11.5 Å². The fourth-order valence-corrected chi connectivity index (χ4v) is 2.09. The first kappa shape index (κ1) is 11.6. The van der Waals surface area contributed by atoms with E-state index < -0.39 is 10.0 Å². The predicted molar refractivity (Wildman–Crippen MR) is 65.3 cm³/mol. The zero-order chi connectivity index (χ0) is 12.3. The Labute approximate surface area is 99.4 Å². The minimum absolute atomic E-state index is 0.0469. The van der Waals surface area contributed by atoms with E-state index in [9.17, 15) is 8.42 Å². The van der Waals surface area contributed by atoms with Crippen molar-refractivity contribution in [1.82, 2.24) is 4.98 Å². The van der Waals surface area contributed by atoms with Crippen LogP contribution >= 0.6 is 0 Å². The van der Waals surface area contributed by atoms with Gasteiger partial charge < -0.3 is 5.32 Å². The molecule has 1 aromatic heterocycles. The Bertz CT molecular complexity index is 612. The third-order valence-electron chi connectivity index (χ3n) is 2.12. The average Bonchev–Trinajstić information content (AvgIpc) is 2.30. The SMILES string of the molecule is NS(=O)(=O)c1ccccc1Nc1ccccn1. The normalized spacial score (nSPS) is 11.1. The van der Waals surface area contributed by atoms with Crippen molar-refractivity contribution in [2.75, 3.05) is 5.32 Å². The largest absolute Gasteiger partial charge is 0.339 e. The van der Waals surface area contributed by atoms with Crippen molar-refractivity contribution in [3.63, 3.8) is 0 Å². The molecule has 0 aliphatic carbocycles. The highest BCUT2D eigenvalue weighted by molar-refractivity contribution is 7.89. The molecule has 0 atom stereocenters. The molecule has 0 radical (unpaired) electrons. The Morgan fingerprint density at radius 3 is 2.41 bits per heavy atom. The molecule has 0 bridgehead atoms. The van der Waals surface area contributed by atoms with Crippen LogP contribution in [0.1, 0.15) is 0 Å². The number of benzene rings is 1. The van der Waals surface area contributed by atoms with Crippen molar-refractivity contribution in [3.8, 4) is 0 Å². The topological polar surface area (TPSA) is 85.1 Å². The van der Waals surface area contributed by atoms with Gasteiger partial charge in [0.1, 0.15) is 10.7 Å². The maximum Gasteiger partial charge on any atom is 0.240 e. The Balaban J connectivity index is 2.41. The number of rotatable bonds is 3. The number of nitrogens with one attached hydrogen (secondary N) is 1. The lowest BCUT2D eigenvalue weighted by Crippen LogP contribution is -2.14. The summed E-state index contributed by atoms with van der Waals surface area (Å²) in [6.07, 6.45) is 1.61. The van der Waals surface area contributed by atoms with Gasteiger partial charge in [0.2, 0.25) is 10.0 Å². The Morgan fingerprint density at radius 1 is 1.06 bits per heavy atom. The van der Waals surface area contributed by atoms with Gasteiger partial charge in [0.25, 0.3) is 0 Å². The molecule has 0 spiro atoms. The monoisotopic (exact) mass is 249 g/mol. The van der Waals surface area contributed by atoms with Crippen LogP contribution in [0.2, 0.25) is 0 Å². The molecule has 1 aromatic carbocycles. The van der Waals surface area contributed by atoms with Crippen LogP contribution in [0, 0.1) is 0 Å². The highest BCUT2D eigenvalue weighted by Gasteiger charge is 2.13. The number of primary sulfonamides is 1. The van der Waals surface area contributed by atoms with Crippen molar-refractivity contribution in [2.45, 2.75) is 4.90 Å². The van der Waals surface area contributed by atoms with Gasteiger partial charge in [-0.15, -0.1) is 0 Å². The maximum atomic E-state index is 11.4. The zero-order valence-corrected chi connectivity index (χ0v) is 9.68. The fourth-order valence-electron chi connectivity index (χ4n) is 1.39. The molecular weight excluding hydrogens is 238 g/mol. The quantitative estimate of drug-likeness (QED) is 0.862. The number of pyridine rings is 1. The van der Waals surface area contributed by atoms with Crippen LogP contribution in [0.5, 0.6) is 0 Å². The molecule has 0 unspecified atom stereocenters. The van der Waals surface area contributed by atoms with E-state index >= 15 is 0 Å². The van der Waals surface area contributed by atoms with Crippen molar-refractivity contribution in [1.29, 1.82) is 0 Å². The molecule has 0 saturated carbocycles. The minimum atomic E-state index is -3.74. The van der Waals surface area contributed by atoms with E-state index in [4.69, 9.17) is 5.14 Å². The lowest BCUT2D eigenvalue weighted by Gasteiger charge is -2.09. The number of nitrogens with zero attached hydrogens (tertiary/aromatic N) is 1. The number of sulfonamides is 1. The van der Waals surface area contributed by atoms with Gasteiger partial charge in [0.15, 0.2) is 0 Å². The minimum Gasteiger partial charge on any atom is -0.339 e. The number of aromatic nitrogens is 1. The fraction of sp³-hybridized carbons (Fsp3) is 0. The standard InChI is InChI=1S/C11H11N3O2S/c12-17(15,16)10-6-2-1-5-9(10)14-11-7-3-4-8-13-11/h1-8H,(H,13,14)(H2,12,15,16). The van der Waals surface area contributed by atoms with E-state index in [-0.39, 0.29) is 4.90 Å². The molecule has 2 aromatic rings. The molecule has 0 aliphatic heterocycles. The van der Waals surface area contributed by atoms with Gasteiger partial charge in [-0.05, 0) is 24.3 Å². The second-order valence-electron chi connectivity index (χ2n) is 3.38. The molecule has 0 fully saturated rings. The molecule has 0 aliphatic rings. The molecule has 17 heavy (non-hydrogen) atoms. The third kappa shape index (κ3) is 2.80. The Morgan fingerprint density at radius 2 is 1.76 bits per heavy atom. The summed E-state index contributed by atoms with van der Waals surface area (Å²) in [7, 11) is -3.74. The van der Waals surface area contributed by atoms with E-state index in [1.807, 2.05) is 0 Å². The summed E-state index contributed by atoms with van der Waals surface area (Å²) in [6.45, 7) is 0. The van der Waals surface area contributed by atoms with Crippen LogP contribution < -0.4 is 10.5 Å². The Hall–Kier alpha value is -1.92. The molecule has 1 heterocycles. The molecule has 88 valence electrons. The van der Waals surface area contributed by atoms with Crippen LogP contribution in [0.25, 0.3) is 0 Å². The molecule has 2 rings (SSSR count). The maximum absolute atomic E-state index is 11.4. The highest BCUT2D eigenvalue weighted by Crippen LogP contribution is 2.22. The number of hydrogen-bond acceptors (Lipinski definition) is 4. The van der Waals surface area contributed by atoms with Gasteiger partial charge in [0.05, 0.1) is 5.69 Å². The van der Waals surface area contributed by atoms with Crippen LogP contribution in [0.15, 0.2) is 53.6 Å². The van der Waals surface area contributed by atoms with Gasteiger partial charge >= 0.3 is 0 Å². The smallest absolute Gasteiger partial charge is 0.240 e. The van der Waals surface area contributed by atoms with Crippen LogP contribution in [-0.4, -0.2) is 13.4 Å². The summed E-state index contributed by atoms with van der Waals surface area (Å²) in [4.78, 5) is 4.10. The molecule has 5 nitrogen and oxygen atoms in total. The van der Waals surface area contributed by atoms with Crippen molar-refractivity contribution in [3.05, 3.63) is 48.7 Å². The molecule has 3 N–H and O–H groups in total. The highest BCUT2D eigenvalue weighted by atomic mass is 32.2. The molecule has 0 saturated heterocycles. The van der Waals surface area contributed by atoms with E-state index in [2.05, 4.69) is 10.3 Å². The average molecular weight is 249 g/mol. The summed E-state index contributed by atoms with van der Waals surface area (Å²) in [6, 6.07) is 11.7. The van der Waals surface area contributed by atoms with Crippen molar-refractivity contribution < 1.29 is 8.42 Å². The summed E-state index contributed by atoms with van der Waals surface area (Å²) >= 11 is 0. The third-order valence-corrected chi connectivity index (χ3v) is 3.09. The number of para-hydroxylation sites is 1. The summed E-state index contributed by atoms with van der Waals surface area (Å²) in [5.41, 5.74) is 0.411. The predicted octanol–water partition coefficient (Wildman–Crippen LogP) is 1.47. The summed E-state index contributed by atoms with van der Waals surface area (Å²) < 4.78 is 22.7. The molecule has 0 amide bonds. The van der Waals surface area contributed by atoms with Crippen molar-refractivity contribution >= 4 is 21.5 Å².